The molecule has 1 unspecified atom stereocenters. The van der Waals surface area contributed by atoms with Gasteiger partial charge in [0.05, 0.1) is 0 Å². The summed E-state index contributed by atoms with van der Waals surface area (Å²) < 4.78 is 1.78. The number of amides is 1. The highest BCUT2D eigenvalue weighted by molar-refractivity contribution is 9.11. The van der Waals surface area contributed by atoms with E-state index in [0.717, 1.165) is 15.5 Å². The number of benzene rings is 1. The fourth-order valence-corrected chi connectivity index (χ4v) is 3.05. The molecule has 0 spiro atoms. The fraction of sp³-hybridized carbons (Fsp3) is 0.500. The van der Waals surface area contributed by atoms with Crippen molar-refractivity contribution in [3.8, 4) is 0 Å². The van der Waals surface area contributed by atoms with Crippen LogP contribution in [0.5, 0.6) is 0 Å². The van der Waals surface area contributed by atoms with Crippen LogP contribution in [0, 0.1) is 5.92 Å². The molecule has 1 N–H and O–H groups in total. The van der Waals surface area contributed by atoms with E-state index in [0.29, 0.717) is 11.5 Å². The Balaban J connectivity index is 2.81. The topological polar surface area (TPSA) is 32.3 Å². The Bertz CT molecular complexity index is 427. The van der Waals surface area contributed by atoms with Crippen molar-refractivity contribution in [2.24, 2.45) is 5.92 Å². The maximum absolute atomic E-state index is 12.3. The summed E-state index contributed by atoms with van der Waals surface area (Å²) in [6, 6.07) is 5.71. The van der Waals surface area contributed by atoms with E-state index >= 15 is 0 Å². The van der Waals surface area contributed by atoms with Gasteiger partial charge in [0.2, 0.25) is 0 Å². The number of nitrogens with one attached hydrogen (secondary N) is 1. The Morgan fingerprint density at radius 1 is 1.21 bits per heavy atom. The number of rotatable bonds is 5. The Kier molecular flexibility index (Phi) is 6.50. The SMILES string of the molecule is CC(C)C(CN(C)C)NC(=O)c1cc(Br)cc(Br)c1. The maximum atomic E-state index is 12.3. The molecule has 0 aliphatic carbocycles. The second-order valence-electron chi connectivity index (χ2n) is 5.24. The third kappa shape index (κ3) is 5.63. The van der Waals surface area contributed by atoms with Gasteiger partial charge < -0.3 is 10.2 Å². The summed E-state index contributed by atoms with van der Waals surface area (Å²) in [6.07, 6.45) is 0. The van der Waals surface area contributed by atoms with Gasteiger partial charge in [-0.3, -0.25) is 4.79 Å². The smallest absolute Gasteiger partial charge is 0.251 e. The van der Waals surface area contributed by atoms with Gasteiger partial charge in [0.1, 0.15) is 0 Å². The molecule has 0 fully saturated rings. The quantitative estimate of drug-likeness (QED) is 0.832. The molecule has 0 heterocycles. The molecule has 106 valence electrons. The van der Waals surface area contributed by atoms with Gasteiger partial charge >= 0.3 is 0 Å². The molecule has 1 aromatic rings. The molecular formula is C14H20Br2N2O. The minimum atomic E-state index is -0.0393. The number of hydrogen-bond acceptors (Lipinski definition) is 2. The Morgan fingerprint density at radius 3 is 2.16 bits per heavy atom. The monoisotopic (exact) mass is 390 g/mol. The number of halogens is 2. The summed E-state index contributed by atoms with van der Waals surface area (Å²) in [6.45, 7) is 5.06. The van der Waals surface area contributed by atoms with Gasteiger partial charge in [0.15, 0.2) is 0 Å². The van der Waals surface area contributed by atoms with Crippen molar-refractivity contribution < 1.29 is 4.79 Å². The van der Waals surface area contributed by atoms with Crippen molar-refractivity contribution in [2.75, 3.05) is 20.6 Å². The van der Waals surface area contributed by atoms with E-state index in [1.54, 1.807) is 0 Å². The normalized spacial score (nSPS) is 12.8. The van der Waals surface area contributed by atoms with Gasteiger partial charge in [0, 0.05) is 27.1 Å². The summed E-state index contributed by atoms with van der Waals surface area (Å²) in [7, 11) is 4.02. The number of carbonyl (C=O) groups excluding carboxylic acids is 1. The first-order valence-electron chi connectivity index (χ1n) is 6.21. The highest BCUT2D eigenvalue weighted by atomic mass is 79.9. The Labute approximate surface area is 132 Å². The number of nitrogens with zero attached hydrogens (tertiary/aromatic N) is 1. The van der Waals surface area contributed by atoms with Crippen molar-refractivity contribution in [1.82, 2.24) is 10.2 Å². The largest absolute Gasteiger partial charge is 0.348 e. The van der Waals surface area contributed by atoms with Crippen molar-refractivity contribution in [2.45, 2.75) is 19.9 Å². The van der Waals surface area contributed by atoms with E-state index in [9.17, 15) is 4.79 Å². The number of carbonyl (C=O) groups is 1. The van der Waals surface area contributed by atoms with Crippen LogP contribution in [0.1, 0.15) is 24.2 Å². The van der Waals surface area contributed by atoms with Crippen LogP contribution in [0.2, 0.25) is 0 Å². The lowest BCUT2D eigenvalue weighted by molar-refractivity contribution is 0.0916. The van der Waals surface area contributed by atoms with E-state index in [-0.39, 0.29) is 11.9 Å². The van der Waals surface area contributed by atoms with Gasteiger partial charge in [-0.2, -0.15) is 0 Å². The summed E-state index contributed by atoms with van der Waals surface area (Å²) in [4.78, 5) is 14.4. The molecule has 1 rings (SSSR count). The van der Waals surface area contributed by atoms with Crippen LogP contribution in [0.3, 0.4) is 0 Å². The molecule has 0 radical (unpaired) electrons. The van der Waals surface area contributed by atoms with E-state index in [1.165, 1.54) is 0 Å². The first-order chi connectivity index (χ1) is 8.79. The first-order valence-corrected chi connectivity index (χ1v) is 7.80. The zero-order chi connectivity index (χ0) is 14.6. The van der Waals surface area contributed by atoms with Crippen molar-refractivity contribution in [1.29, 1.82) is 0 Å². The Hall–Kier alpha value is -0.390. The van der Waals surface area contributed by atoms with Crippen LogP contribution >= 0.6 is 31.9 Å². The van der Waals surface area contributed by atoms with Crippen LogP contribution in [0.4, 0.5) is 0 Å². The zero-order valence-corrected chi connectivity index (χ0v) is 14.9. The predicted molar refractivity (Wildman–Crippen MR) is 86.5 cm³/mol. The third-order valence-electron chi connectivity index (χ3n) is 2.81. The highest BCUT2D eigenvalue weighted by Gasteiger charge is 2.18. The lowest BCUT2D eigenvalue weighted by Crippen LogP contribution is -2.45. The summed E-state index contributed by atoms with van der Waals surface area (Å²) in [5.74, 6) is 0.351. The average Bonchev–Trinajstić information content (AvgIpc) is 2.25. The lowest BCUT2D eigenvalue weighted by Gasteiger charge is -2.25. The van der Waals surface area contributed by atoms with Gasteiger partial charge in [-0.25, -0.2) is 0 Å². The van der Waals surface area contributed by atoms with E-state index < -0.39 is 0 Å². The first kappa shape index (κ1) is 16.7. The van der Waals surface area contributed by atoms with Crippen LogP contribution in [0.25, 0.3) is 0 Å². The zero-order valence-electron chi connectivity index (χ0n) is 11.7. The molecule has 1 amide bonds. The maximum Gasteiger partial charge on any atom is 0.251 e. The molecule has 0 aliphatic rings. The van der Waals surface area contributed by atoms with Crippen molar-refractivity contribution in [3.63, 3.8) is 0 Å². The van der Waals surface area contributed by atoms with Crippen molar-refractivity contribution in [3.05, 3.63) is 32.7 Å². The molecule has 1 atom stereocenters. The van der Waals surface area contributed by atoms with Gasteiger partial charge in [-0.1, -0.05) is 45.7 Å². The third-order valence-corrected chi connectivity index (χ3v) is 3.72. The summed E-state index contributed by atoms with van der Waals surface area (Å²) in [5, 5.41) is 3.10. The second-order valence-corrected chi connectivity index (χ2v) is 7.08. The molecule has 0 saturated heterocycles. The second kappa shape index (κ2) is 7.41. The molecule has 0 bridgehead atoms. The molecular weight excluding hydrogens is 372 g/mol. The molecule has 5 heteroatoms. The predicted octanol–water partition coefficient (Wildman–Crippen LogP) is 3.53. The van der Waals surface area contributed by atoms with Gasteiger partial charge in [-0.05, 0) is 38.2 Å². The van der Waals surface area contributed by atoms with Crippen LogP contribution in [-0.2, 0) is 0 Å². The highest BCUT2D eigenvalue weighted by Crippen LogP contribution is 2.20. The molecule has 0 saturated carbocycles. The molecule has 1 aromatic carbocycles. The minimum Gasteiger partial charge on any atom is -0.348 e. The lowest BCUT2D eigenvalue weighted by atomic mass is 10.0. The summed E-state index contributed by atoms with van der Waals surface area (Å²) >= 11 is 6.80. The number of hydrogen-bond donors (Lipinski definition) is 1. The van der Waals surface area contributed by atoms with Crippen molar-refractivity contribution >= 4 is 37.8 Å². The minimum absolute atomic E-state index is 0.0393. The standard InChI is InChI=1S/C14H20Br2N2O/c1-9(2)13(8-18(3)4)17-14(19)10-5-11(15)7-12(16)6-10/h5-7,9,13H,8H2,1-4H3,(H,17,19). The van der Waals surface area contributed by atoms with E-state index in [4.69, 9.17) is 0 Å². The van der Waals surface area contributed by atoms with E-state index in [2.05, 4.69) is 55.9 Å². The van der Waals surface area contributed by atoms with Gasteiger partial charge in [0.25, 0.3) is 5.91 Å². The van der Waals surface area contributed by atoms with Crippen LogP contribution in [0.15, 0.2) is 27.1 Å². The molecule has 0 aliphatic heterocycles. The van der Waals surface area contributed by atoms with Gasteiger partial charge in [-0.15, -0.1) is 0 Å². The Morgan fingerprint density at radius 2 is 1.74 bits per heavy atom. The van der Waals surface area contributed by atoms with E-state index in [1.807, 2.05) is 32.3 Å². The molecule has 3 nitrogen and oxygen atoms in total. The molecule has 0 aromatic heterocycles. The summed E-state index contributed by atoms with van der Waals surface area (Å²) in [5.41, 5.74) is 0.658. The fourth-order valence-electron chi connectivity index (χ4n) is 1.75. The number of likely N-dealkylation sites (N-methyl/N-ethyl adjacent to an activating group) is 1. The van der Waals surface area contributed by atoms with Crippen LogP contribution in [-0.4, -0.2) is 37.5 Å². The van der Waals surface area contributed by atoms with Crippen LogP contribution < -0.4 is 5.32 Å². The average molecular weight is 392 g/mol. The molecule has 19 heavy (non-hydrogen) atoms.